The monoisotopic (exact) mass is 263 g/mol. The first-order chi connectivity index (χ1) is 8.42. The van der Waals surface area contributed by atoms with E-state index in [0.717, 1.165) is 19.3 Å². The summed E-state index contributed by atoms with van der Waals surface area (Å²) in [7, 11) is 0. The summed E-state index contributed by atoms with van der Waals surface area (Å²) in [6.45, 7) is 2.79. The van der Waals surface area contributed by atoms with Gasteiger partial charge in [0, 0.05) is 19.1 Å². The van der Waals surface area contributed by atoms with Crippen molar-refractivity contribution in [2.24, 2.45) is 17.6 Å². The minimum Gasteiger partial charge on any atom is -0.329 e. The van der Waals surface area contributed by atoms with Gasteiger partial charge in [-0.3, -0.25) is 4.90 Å². The minimum atomic E-state index is -4.45. The summed E-state index contributed by atoms with van der Waals surface area (Å²) in [6.07, 6.45) is -1.69. The lowest BCUT2D eigenvalue weighted by Gasteiger charge is -2.39. The number of hydrogen-bond donors (Lipinski definition) is 1. The highest BCUT2D eigenvalue weighted by Crippen LogP contribution is 2.30. The maximum absolute atomic E-state index is 12.6. The third kappa shape index (κ3) is 3.85. The Labute approximate surface area is 106 Å². The molecule has 0 spiro atoms. The molecule has 1 rings (SSSR count). The zero-order valence-electron chi connectivity index (χ0n) is 10.6. The number of nitrogens with two attached hydrogens (primary N) is 1. The van der Waals surface area contributed by atoms with Crippen molar-refractivity contribution < 1.29 is 13.2 Å². The third-order valence-electron chi connectivity index (χ3n) is 3.76. The van der Waals surface area contributed by atoms with Crippen LogP contribution in [0.3, 0.4) is 0 Å². The number of alkyl halides is 3. The molecule has 1 saturated heterocycles. The second kappa shape index (κ2) is 6.39. The van der Waals surface area contributed by atoms with E-state index in [1.54, 1.807) is 4.90 Å². The molecule has 3 atom stereocenters. The molecule has 3 nitrogen and oxygen atoms in total. The first kappa shape index (κ1) is 15.3. The molecule has 6 heteroatoms. The lowest BCUT2D eigenvalue weighted by molar-refractivity contribution is -0.165. The number of rotatable bonds is 4. The van der Waals surface area contributed by atoms with E-state index < -0.39 is 12.1 Å². The van der Waals surface area contributed by atoms with Gasteiger partial charge in [0.2, 0.25) is 0 Å². The maximum Gasteiger partial charge on any atom is 0.405 e. The summed E-state index contributed by atoms with van der Waals surface area (Å²) < 4.78 is 37.7. The Bertz CT molecular complexity index is 298. The van der Waals surface area contributed by atoms with Crippen molar-refractivity contribution in [2.75, 3.05) is 19.6 Å². The van der Waals surface area contributed by atoms with Crippen LogP contribution < -0.4 is 5.73 Å². The predicted octanol–water partition coefficient (Wildman–Crippen LogP) is 2.14. The lowest BCUT2D eigenvalue weighted by Crippen LogP contribution is -2.49. The lowest BCUT2D eigenvalue weighted by atomic mass is 9.88. The Balaban J connectivity index is 2.63. The Morgan fingerprint density at radius 1 is 1.50 bits per heavy atom. The van der Waals surface area contributed by atoms with Crippen molar-refractivity contribution in [2.45, 2.75) is 38.4 Å². The molecule has 1 aliphatic heterocycles. The molecular weight excluding hydrogens is 243 g/mol. The number of nitrogens with zero attached hydrogens (tertiary/aromatic N) is 2. The van der Waals surface area contributed by atoms with Crippen molar-refractivity contribution >= 4 is 0 Å². The summed E-state index contributed by atoms with van der Waals surface area (Å²) in [5.41, 5.74) is 5.63. The molecule has 0 aromatic carbocycles. The van der Waals surface area contributed by atoms with E-state index in [-0.39, 0.29) is 12.6 Å². The van der Waals surface area contributed by atoms with Crippen molar-refractivity contribution in [3.8, 4) is 6.07 Å². The second-order valence-electron chi connectivity index (χ2n) is 4.91. The molecule has 0 aliphatic carbocycles. The molecule has 1 aliphatic rings. The molecule has 2 N–H and O–H groups in total. The smallest absolute Gasteiger partial charge is 0.329 e. The van der Waals surface area contributed by atoms with Gasteiger partial charge in [-0.15, -0.1) is 0 Å². The van der Waals surface area contributed by atoms with Crippen molar-refractivity contribution in [1.29, 1.82) is 5.26 Å². The maximum atomic E-state index is 12.6. The van der Waals surface area contributed by atoms with E-state index in [4.69, 9.17) is 11.0 Å². The van der Waals surface area contributed by atoms with Crippen LogP contribution >= 0.6 is 0 Å². The van der Waals surface area contributed by atoms with Gasteiger partial charge in [0.15, 0.2) is 5.92 Å². The zero-order valence-corrected chi connectivity index (χ0v) is 10.6. The van der Waals surface area contributed by atoms with Crippen molar-refractivity contribution in [1.82, 2.24) is 4.90 Å². The van der Waals surface area contributed by atoms with Crippen molar-refractivity contribution in [3.05, 3.63) is 0 Å². The fourth-order valence-corrected chi connectivity index (χ4v) is 2.49. The van der Waals surface area contributed by atoms with Gasteiger partial charge in [0.25, 0.3) is 0 Å². The molecule has 1 heterocycles. The molecular formula is C12H20F3N3. The summed E-state index contributed by atoms with van der Waals surface area (Å²) >= 11 is 0. The van der Waals surface area contributed by atoms with Crippen LogP contribution in [0.25, 0.3) is 0 Å². The molecule has 0 saturated carbocycles. The SMILES string of the molecule is CCC1CCN(CC(C#N)C(F)(F)F)C(CN)C1. The van der Waals surface area contributed by atoms with Crippen LogP contribution in [-0.4, -0.2) is 36.8 Å². The van der Waals surface area contributed by atoms with E-state index >= 15 is 0 Å². The molecule has 3 unspecified atom stereocenters. The van der Waals surface area contributed by atoms with E-state index in [0.29, 0.717) is 19.0 Å². The zero-order chi connectivity index (χ0) is 13.8. The van der Waals surface area contributed by atoms with E-state index in [9.17, 15) is 13.2 Å². The first-order valence-corrected chi connectivity index (χ1v) is 6.32. The van der Waals surface area contributed by atoms with Crippen molar-refractivity contribution in [3.63, 3.8) is 0 Å². The van der Waals surface area contributed by atoms with Crippen LogP contribution in [0.15, 0.2) is 0 Å². The fraction of sp³-hybridized carbons (Fsp3) is 0.917. The van der Waals surface area contributed by atoms with E-state index in [2.05, 4.69) is 6.92 Å². The van der Waals surface area contributed by atoms with Gasteiger partial charge in [-0.25, -0.2) is 0 Å². The average molecular weight is 263 g/mol. The normalized spacial score (nSPS) is 27.8. The molecule has 0 radical (unpaired) electrons. The summed E-state index contributed by atoms with van der Waals surface area (Å²) in [5, 5.41) is 8.62. The fourth-order valence-electron chi connectivity index (χ4n) is 2.49. The molecule has 1 fully saturated rings. The van der Waals surface area contributed by atoms with Gasteiger partial charge in [-0.2, -0.15) is 18.4 Å². The van der Waals surface area contributed by atoms with Gasteiger partial charge in [-0.05, 0) is 25.3 Å². The van der Waals surface area contributed by atoms with Crippen LogP contribution in [0.5, 0.6) is 0 Å². The third-order valence-corrected chi connectivity index (χ3v) is 3.76. The summed E-state index contributed by atoms with van der Waals surface area (Å²) in [6, 6.07) is 1.33. The van der Waals surface area contributed by atoms with Crippen LogP contribution in [-0.2, 0) is 0 Å². The first-order valence-electron chi connectivity index (χ1n) is 6.32. The highest BCUT2D eigenvalue weighted by molar-refractivity contribution is 4.93. The summed E-state index contributed by atoms with van der Waals surface area (Å²) in [5.74, 6) is -1.37. The minimum absolute atomic E-state index is 0.0260. The Hall–Kier alpha value is -0.800. The summed E-state index contributed by atoms with van der Waals surface area (Å²) in [4.78, 5) is 1.73. The highest BCUT2D eigenvalue weighted by atomic mass is 19.4. The van der Waals surface area contributed by atoms with Gasteiger partial charge in [-0.1, -0.05) is 13.3 Å². The molecule has 0 amide bonds. The largest absolute Gasteiger partial charge is 0.405 e. The number of nitriles is 1. The van der Waals surface area contributed by atoms with Gasteiger partial charge in [0.1, 0.15) is 0 Å². The predicted molar refractivity (Wildman–Crippen MR) is 62.6 cm³/mol. The molecule has 0 bridgehead atoms. The standard InChI is InChI=1S/C12H20F3N3/c1-2-9-3-4-18(11(5-9)7-17)8-10(6-16)12(13,14)15/h9-11H,2-5,7-8,17H2,1H3. The Kier molecular flexibility index (Phi) is 5.42. The Morgan fingerprint density at radius 3 is 2.61 bits per heavy atom. The molecule has 18 heavy (non-hydrogen) atoms. The van der Waals surface area contributed by atoms with Crippen LogP contribution in [0, 0.1) is 23.2 Å². The van der Waals surface area contributed by atoms with Crippen LogP contribution in [0.1, 0.15) is 26.2 Å². The van der Waals surface area contributed by atoms with Gasteiger partial charge < -0.3 is 5.73 Å². The number of halogens is 3. The molecule has 0 aromatic rings. The number of likely N-dealkylation sites (tertiary alicyclic amines) is 1. The molecule has 0 aromatic heterocycles. The highest BCUT2D eigenvalue weighted by Gasteiger charge is 2.42. The van der Waals surface area contributed by atoms with Gasteiger partial charge in [0.05, 0.1) is 6.07 Å². The number of hydrogen-bond acceptors (Lipinski definition) is 3. The van der Waals surface area contributed by atoms with Crippen LogP contribution in [0.4, 0.5) is 13.2 Å². The van der Waals surface area contributed by atoms with Crippen LogP contribution in [0.2, 0.25) is 0 Å². The topological polar surface area (TPSA) is 53.0 Å². The number of piperidine rings is 1. The second-order valence-corrected chi connectivity index (χ2v) is 4.91. The van der Waals surface area contributed by atoms with E-state index in [1.165, 1.54) is 6.07 Å². The van der Waals surface area contributed by atoms with Gasteiger partial charge >= 0.3 is 6.18 Å². The Morgan fingerprint density at radius 2 is 2.17 bits per heavy atom. The molecule has 104 valence electrons. The van der Waals surface area contributed by atoms with E-state index in [1.807, 2.05) is 0 Å². The average Bonchev–Trinajstić information content (AvgIpc) is 2.34. The quantitative estimate of drug-likeness (QED) is 0.845.